The third-order valence-corrected chi connectivity index (χ3v) is 4.56. The SMILES string of the molecule is CN1C(=O)/C(=C\c2ccccc2O)SC1=Nc1cccc(Cl)c1. The van der Waals surface area contributed by atoms with E-state index < -0.39 is 0 Å². The van der Waals surface area contributed by atoms with E-state index in [4.69, 9.17) is 11.6 Å². The number of carbonyl (C=O) groups is 1. The first kappa shape index (κ1) is 15.6. The molecular formula is C17H13ClN2O2S. The molecule has 0 atom stereocenters. The number of benzene rings is 2. The third kappa shape index (κ3) is 3.41. The van der Waals surface area contributed by atoms with Crippen molar-refractivity contribution in [2.75, 3.05) is 7.05 Å². The largest absolute Gasteiger partial charge is 0.507 e. The lowest BCUT2D eigenvalue weighted by Crippen LogP contribution is -2.23. The molecule has 2 aromatic rings. The zero-order chi connectivity index (χ0) is 16.4. The van der Waals surface area contributed by atoms with E-state index in [1.54, 1.807) is 49.5 Å². The molecule has 0 aliphatic carbocycles. The van der Waals surface area contributed by atoms with Crippen LogP contribution in [0.4, 0.5) is 5.69 Å². The zero-order valence-electron chi connectivity index (χ0n) is 12.2. The Morgan fingerprint density at radius 2 is 2.00 bits per heavy atom. The van der Waals surface area contributed by atoms with Gasteiger partial charge in [-0.2, -0.15) is 0 Å². The number of phenolic OH excluding ortho intramolecular Hbond substituents is 1. The van der Waals surface area contributed by atoms with Crippen LogP contribution in [-0.2, 0) is 4.79 Å². The van der Waals surface area contributed by atoms with Gasteiger partial charge in [0, 0.05) is 17.6 Å². The highest BCUT2D eigenvalue weighted by Crippen LogP contribution is 2.34. The zero-order valence-corrected chi connectivity index (χ0v) is 13.8. The molecule has 1 saturated heterocycles. The van der Waals surface area contributed by atoms with Gasteiger partial charge < -0.3 is 5.11 Å². The predicted octanol–water partition coefficient (Wildman–Crippen LogP) is 4.28. The number of amidine groups is 1. The molecule has 116 valence electrons. The fraction of sp³-hybridized carbons (Fsp3) is 0.0588. The molecule has 0 saturated carbocycles. The van der Waals surface area contributed by atoms with Gasteiger partial charge in [0.05, 0.1) is 10.6 Å². The normalized spacial score (nSPS) is 18.2. The molecule has 1 fully saturated rings. The Morgan fingerprint density at radius 3 is 2.74 bits per heavy atom. The van der Waals surface area contributed by atoms with Crippen LogP contribution in [0.15, 0.2) is 58.4 Å². The topological polar surface area (TPSA) is 52.9 Å². The molecule has 1 aliphatic rings. The molecule has 1 amide bonds. The molecule has 0 aromatic heterocycles. The van der Waals surface area contributed by atoms with Crippen molar-refractivity contribution in [2.45, 2.75) is 0 Å². The molecule has 0 bridgehead atoms. The lowest BCUT2D eigenvalue weighted by molar-refractivity contribution is -0.121. The minimum absolute atomic E-state index is 0.135. The Bertz CT molecular complexity index is 833. The molecule has 1 aliphatic heterocycles. The Hall–Kier alpha value is -2.24. The van der Waals surface area contributed by atoms with Gasteiger partial charge in [-0.25, -0.2) is 4.99 Å². The minimum Gasteiger partial charge on any atom is -0.507 e. The fourth-order valence-corrected chi connectivity index (χ4v) is 3.22. The molecule has 2 aromatic carbocycles. The summed E-state index contributed by atoms with van der Waals surface area (Å²) < 4.78 is 0. The van der Waals surface area contributed by atoms with E-state index in [2.05, 4.69) is 4.99 Å². The van der Waals surface area contributed by atoms with E-state index in [0.717, 1.165) is 0 Å². The number of rotatable bonds is 2. The maximum atomic E-state index is 12.3. The number of likely N-dealkylation sites (N-methyl/N-ethyl adjacent to an activating group) is 1. The number of aromatic hydroxyl groups is 1. The Labute approximate surface area is 143 Å². The monoisotopic (exact) mass is 344 g/mol. The van der Waals surface area contributed by atoms with E-state index in [0.29, 0.717) is 26.3 Å². The molecule has 0 unspecified atom stereocenters. The van der Waals surface area contributed by atoms with E-state index >= 15 is 0 Å². The maximum Gasteiger partial charge on any atom is 0.266 e. The van der Waals surface area contributed by atoms with Gasteiger partial charge in [0.15, 0.2) is 5.17 Å². The summed E-state index contributed by atoms with van der Waals surface area (Å²) in [5, 5.41) is 11.0. The highest BCUT2D eigenvalue weighted by Gasteiger charge is 2.30. The second kappa shape index (κ2) is 6.48. The summed E-state index contributed by atoms with van der Waals surface area (Å²) in [6, 6.07) is 14.0. The summed E-state index contributed by atoms with van der Waals surface area (Å²) in [6.07, 6.45) is 1.67. The van der Waals surface area contributed by atoms with E-state index in [9.17, 15) is 9.90 Å². The minimum atomic E-state index is -0.154. The number of phenols is 1. The average Bonchev–Trinajstić information content (AvgIpc) is 2.78. The quantitative estimate of drug-likeness (QED) is 0.827. The van der Waals surface area contributed by atoms with Crippen LogP contribution in [0.2, 0.25) is 5.02 Å². The number of amides is 1. The maximum absolute atomic E-state index is 12.3. The van der Waals surface area contributed by atoms with Gasteiger partial charge in [-0.05, 0) is 42.1 Å². The second-order valence-corrected chi connectivity index (χ2v) is 6.35. The van der Waals surface area contributed by atoms with Crippen molar-refractivity contribution in [1.82, 2.24) is 4.90 Å². The molecule has 0 spiro atoms. The van der Waals surface area contributed by atoms with Gasteiger partial charge in [-0.15, -0.1) is 0 Å². The summed E-state index contributed by atoms with van der Waals surface area (Å²) in [5.41, 5.74) is 1.28. The predicted molar refractivity (Wildman–Crippen MR) is 95.0 cm³/mol. The van der Waals surface area contributed by atoms with Crippen molar-refractivity contribution in [3.8, 4) is 5.75 Å². The number of para-hydroxylation sites is 1. The van der Waals surface area contributed by atoms with Crippen molar-refractivity contribution < 1.29 is 9.90 Å². The smallest absolute Gasteiger partial charge is 0.266 e. The van der Waals surface area contributed by atoms with Crippen LogP contribution in [0.3, 0.4) is 0 Å². The van der Waals surface area contributed by atoms with Crippen LogP contribution in [-0.4, -0.2) is 28.1 Å². The summed E-state index contributed by atoms with van der Waals surface area (Å²) in [4.78, 5) is 18.8. The van der Waals surface area contributed by atoms with Gasteiger partial charge in [-0.1, -0.05) is 35.9 Å². The molecule has 0 radical (unpaired) electrons. The Kier molecular flexibility index (Phi) is 4.41. The van der Waals surface area contributed by atoms with Crippen LogP contribution in [0.5, 0.6) is 5.75 Å². The van der Waals surface area contributed by atoms with Crippen molar-refractivity contribution >= 4 is 46.2 Å². The van der Waals surface area contributed by atoms with Gasteiger partial charge in [0.2, 0.25) is 0 Å². The van der Waals surface area contributed by atoms with Gasteiger partial charge in [0.25, 0.3) is 5.91 Å². The molecule has 3 rings (SSSR count). The van der Waals surface area contributed by atoms with E-state index in [-0.39, 0.29) is 11.7 Å². The summed E-state index contributed by atoms with van der Waals surface area (Å²) in [6.45, 7) is 0. The first-order valence-electron chi connectivity index (χ1n) is 6.84. The van der Waals surface area contributed by atoms with E-state index in [1.165, 1.54) is 16.7 Å². The van der Waals surface area contributed by atoms with Gasteiger partial charge in [-0.3, -0.25) is 9.69 Å². The molecule has 1 N–H and O–H groups in total. The average molecular weight is 345 g/mol. The summed E-state index contributed by atoms with van der Waals surface area (Å²) >= 11 is 7.22. The van der Waals surface area contributed by atoms with Crippen molar-refractivity contribution in [3.63, 3.8) is 0 Å². The molecule has 23 heavy (non-hydrogen) atoms. The molecule has 4 nitrogen and oxygen atoms in total. The second-order valence-electron chi connectivity index (χ2n) is 4.91. The standard InChI is InChI=1S/C17H13ClN2O2S/c1-20-16(22)15(9-11-5-2-3-8-14(11)21)23-17(20)19-13-7-4-6-12(18)10-13/h2-10,21H,1H3/b15-9+,19-17?. The lowest BCUT2D eigenvalue weighted by Gasteiger charge is -2.07. The third-order valence-electron chi connectivity index (χ3n) is 3.26. The molecular weight excluding hydrogens is 332 g/mol. The number of nitrogens with zero attached hydrogens (tertiary/aromatic N) is 2. The number of hydrogen-bond donors (Lipinski definition) is 1. The van der Waals surface area contributed by atoms with Crippen molar-refractivity contribution in [2.24, 2.45) is 4.99 Å². The number of thioether (sulfide) groups is 1. The first-order chi connectivity index (χ1) is 11.0. The lowest BCUT2D eigenvalue weighted by atomic mass is 10.2. The number of aliphatic imine (C=N–C) groups is 1. The van der Waals surface area contributed by atoms with E-state index in [1.807, 2.05) is 12.1 Å². The summed E-state index contributed by atoms with van der Waals surface area (Å²) in [7, 11) is 1.67. The number of halogens is 1. The van der Waals surface area contributed by atoms with Gasteiger partial charge in [0.1, 0.15) is 5.75 Å². The Morgan fingerprint density at radius 1 is 1.22 bits per heavy atom. The molecule has 1 heterocycles. The summed E-state index contributed by atoms with van der Waals surface area (Å²) in [5.74, 6) is -0.0182. The van der Waals surface area contributed by atoms with Crippen LogP contribution in [0.1, 0.15) is 5.56 Å². The van der Waals surface area contributed by atoms with Crippen LogP contribution < -0.4 is 0 Å². The highest BCUT2D eigenvalue weighted by molar-refractivity contribution is 8.18. The van der Waals surface area contributed by atoms with Crippen LogP contribution in [0, 0.1) is 0 Å². The Balaban J connectivity index is 1.93. The van der Waals surface area contributed by atoms with Gasteiger partial charge >= 0.3 is 0 Å². The van der Waals surface area contributed by atoms with Crippen molar-refractivity contribution in [1.29, 1.82) is 0 Å². The highest BCUT2D eigenvalue weighted by atomic mass is 35.5. The van der Waals surface area contributed by atoms with Crippen molar-refractivity contribution in [3.05, 3.63) is 64.0 Å². The number of hydrogen-bond acceptors (Lipinski definition) is 4. The first-order valence-corrected chi connectivity index (χ1v) is 8.04. The van der Waals surface area contributed by atoms with Crippen LogP contribution >= 0.6 is 23.4 Å². The van der Waals surface area contributed by atoms with Crippen LogP contribution in [0.25, 0.3) is 6.08 Å². The number of carbonyl (C=O) groups excluding carboxylic acids is 1. The molecule has 6 heteroatoms. The fourth-order valence-electron chi connectivity index (χ4n) is 2.06.